The van der Waals surface area contributed by atoms with Crippen molar-refractivity contribution in [3.05, 3.63) is 30.3 Å². The van der Waals surface area contributed by atoms with Gasteiger partial charge in [-0.1, -0.05) is 0 Å². The van der Waals surface area contributed by atoms with Crippen molar-refractivity contribution >= 4 is 25.4 Å². The van der Waals surface area contributed by atoms with E-state index in [2.05, 4.69) is 0 Å². The molecule has 1 aromatic rings. The van der Waals surface area contributed by atoms with Gasteiger partial charge in [-0.15, -0.1) is 0 Å². The van der Waals surface area contributed by atoms with Gasteiger partial charge < -0.3 is 0 Å². The summed E-state index contributed by atoms with van der Waals surface area (Å²) >= 11 is -0.153. The molecule has 0 saturated carbocycles. The van der Waals surface area contributed by atoms with Crippen molar-refractivity contribution in [2.45, 2.75) is 76.4 Å². The van der Waals surface area contributed by atoms with Gasteiger partial charge >= 0.3 is 151 Å². The molecular weight excluding hydrogens is 371 g/mol. The summed E-state index contributed by atoms with van der Waals surface area (Å²) in [5.74, 6) is -0.919. The topological polar surface area (TPSA) is 44.8 Å². The van der Waals surface area contributed by atoms with Gasteiger partial charge in [0.1, 0.15) is 0 Å². The molecule has 0 spiro atoms. The Balaban J connectivity index is 2.35. The summed E-state index contributed by atoms with van der Waals surface area (Å²) in [7, 11) is 0. The van der Waals surface area contributed by atoms with E-state index in [9.17, 15) is 4.79 Å². The second kappa shape index (κ2) is 6.80. The molecule has 1 unspecified atom stereocenters. The van der Waals surface area contributed by atoms with Crippen LogP contribution in [0.4, 0.5) is 0 Å². The molecule has 1 heterocycles. The summed E-state index contributed by atoms with van der Waals surface area (Å²) in [6.07, 6.45) is -0.523. The number of hydrogen-bond donors (Lipinski definition) is 0. The van der Waals surface area contributed by atoms with Gasteiger partial charge in [0.25, 0.3) is 0 Å². The summed E-state index contributed by atoms with van der Waals surface area (Å²) < 4.78 is 18.1. The fourth-order valence-electron chi connectivity index (χ4n) is 2.83. The van der Waals surface area contributed by atoms with Crippen LogP contribution < -0.4 is 4.46 Å². The molecule has 0 bridgehead atoms. The first-order chi connectivity index (χ1) is 10.9. The summed E-state index contributed by atoms with van der Waals surface area (Å²) in [5.41, 5.74) is -0.538. The third kappa shape index (κ3) is 4.60. The zero-order valence-corrected chi connectivity index (χ0v) is 17.3. The average molecular weight is 399 g/mol. The Bertz CT molecular complexity index is 579. The van der Waals surface area contributed by atoms with Crippen molar-refractivity contribution < 1.29 is 19.0 Å². The van der Waals surface area contributed by atoms with Gasteiger partial charge in [-0.3, -0.25) is 0 Å². The number of rotatable bonds is 4. The van der Waals surface area contributed by atoms with Crippen LogP contribution in [-0.2, 0) is 19.0 Å². The second-order valence-corrected chi connectivity index (χ2v) is 11.0. The van der Waals surface area contributed by atoms with Crippen LogP contribution in [-0.4, -0.2) is 44.5 Å². The molecule has 4 nitrogen and oxygen atoms in total. The average Bonchev–Trinajstić information content (AvgIpc) is 2.71. The van der Waals surface area contributed by atoms with E-state index in [0.29, 0.717) is 0 Å². The Kier molecular flexibility index (Phi) is 5.51. The van der Waals surface area contributed by atoms with E-state index >= 15 is 0 Å². The van der Waals surface area contributed by atoms with Gasteiger partial charge in [-0.2, -0.15) is 0 Å². The molecule has 0 N–H and O–H groups in total. The van der Waals surface area contributed by atoms with Gasteiger partial charge in [0.15, 0.2) is 0 Å². The fourth-order valence-corrected chi connectivity index (χ4v) is 5.48. The third-order valence-electron chi connectivity index (χ3n) is 3.73. The van der Waals surface area contributed by atoms with Crippen molar-refractivity contribution in [2.75, 3.05) is 0 Å². The minimum absolute atomic E-state index is 0.153. The zero-order valence-electron chi connectivity index (χ0n) is 15.6. The normalized spacial score (nSPS) is 26.0. The van der Waals surface area contributed by atoms with Gasteiger partial charge in [-0.25, -0.2) is 0 Å². The Morgan fingerprint density at radius 2 is 1.71 bits per heavy atom. The first-order valence-corrected chi connectivity index (χ1v) is 9.97. The molecule has 0 aliphatic carbocycles. The van der Waals surface area contributed by atoms with E-state index in [4.69, 9.17) is 14.2 Å². The maximum atomic E-state index is 13.1. The predicted octanol–water partition coefficient (Wildman–Crippen LogP) is 3.08. The van der Waals surface area contributed by atoms with Crippen molar-refractivity contribution in [2.24, 2.45) is 0 Å². The molecule has 1 fully saturated rings. The second-order valence-electron chi connectivity index (χ2n) is 7.79. The van der Waals surface area contributed by atoms with Crippen LogP contribution in [0.15, 0.2) is 30.3 Å². The molecule has 5 heteroatoms. The third-order valence-corrected chi connectivity index (χ3v) is 6.52. The number of hydrogen-bond acceptors (Lipinski definition) is 4. The monoisotopic (exact) mass is 400 g/mol. The summed E-state index contributed by atoms with van der Waals surface area (Å²) in [4.78, 5) is 13.1. The van der Waals surface area contributed by atoms with E-state index in [1.165, 1.54) is 0 Å². The van der Waals surface area contributed by atoms with Gasteiger partial charge in [0.2, 0.25) is 0 Å². The van der Waals surface area contributed by atoms with Crippen LogP contribution in [0.2, 0.25) is 4.31 Å². The number of ether oxygens (including phenoxy) is 3. The summed E-state index contributed by atoms with van der Waals surface area (Å²) in [6, 6.07) is 10.1. The van der Waals surface area contributed by atoms with Crippen LogP contribution in [0.5, 0.6) is 0 Å². The molecule has 1 aliphatic rings. The number of carbonyl (C=O) groups excluding carboxylic acids is 1. The van der Waals surface area contributed by atoms with Crippen LogP contribution in [0.1, 0.15) is 48.5 Å². The SMILES string of the molecule is C[C@@H]1OC(C)(C)O[C@H]1C(C)([Se]c1ccccc1)C(=O)OC(C)(C)C. The molecule has 0 aromatic heterocycles. The van der Waals surface area contributed by atoms with Crippen LogP contribution in [0.3, 0.4) is 0 Å². The fraction of sp³-hybridized carbons (Fsp3) is 0.632. The maximum absolute atomic E-state index is 13.1. The van der Waals surface area contributed by atoms with Crippen LogP contribution >= 0.6 is 0 Å². The van der Waals surface area contributed by atoms with Gasteiger partial charge in [0, 0.05) is 0 Å². The summed E-state index contributed by atoms with van der Waals surface area (Å²) in [6.45, 7) is 13.3. The molecule has 0 amide bonds. The van der Waals surface area contributed by atoms with E-state index in [1.54, 1.807) is 0 Å². The zero-order chi connectivity index (χ0) is 18.2. The van der Waals surface area contributed by atoms with Gasteiger partial charge in [-0.05, 0) is 0 Å². The van der Waals surface area contributed by atoms with Crippen molar-refractivity contribution in [3.8, 4) is 0 Å². The number of esters is 1. The molecule has 0 radical (unpaired) electrons. The molecule has 3 atom stereocenters. The van der Waals surface area contributed by atoms with E-state index in [1.807, 2.05) is 78.8 Å². The quantitative estimate of drug-likeness (QED) is 0.577. The Labute approximate surface area is 151 Å². The van der Waals surface area contributed by atoms with Gasteiger partial charge in [0.05, 0.1) is 0 Å². The van der Waals surface area contributed by atoms with E-state index < -0.39 is 15.7 Å². The minimum atomic E-state index is -0.769. The first kappa shape index (κ1) is 19.5. The molecule has 134 valence electrons. The molecular formula is C19H28O4Se. The molecule has 1 saturated heterocycles. The molecule has 2 rings (SSSR count). The van der Waals surface area contributed by atoms with E-state index in [0.717, 1.165) is 4.46 Å². The molecule has 1 aliphatic heterocycles. The Morgan fingerprint density at radius 3 is 2.17 bits per heavy atom. The van der Waals surface area contributed by atoms with Crippen molar-refractivity contribution in [1.29, 1.82) is 0 Å². The standard InChI is InChI=1S/C19H28O4Se/c1-13-15(22-18(5,6)21-13)19(7,16(20)23-17(2,3)4)24-14-11-9-8-10-12-14/h8-13,15H,1-7H3/t13-,15+,19?/m0/s1. The van der Waals surface area contributed by atoms with Crippen LogP contribution in [0, 0.1) is 0 Å². The van der Waals surface area contributed by atoms with Crippen LogP contribution in [0.25, 0.3) is 0 Å². The Morgan fingerprint density at radius 1 is 1.12 bits per heavy atom. The van der Waals surface area contributed by atoms with Crippen molar-refractivity contribution in [3.63, 3.8) is 0 Å². The first-order valence-electron chi connectivity index (χ1n) is 8.26. The molecule has 24 heavy (non-hydrogen) atoms. The number of benzene rings is 1. The summed E-state index contributed by atoms with van der Waals surface area (Å²) in [5, 5.41) is 0. The van der Waals surface area contributed by atoms with E-state index in [-0.39, 0.29) is 33.1 Å². The Hall–Kier alpha value is -0.871. The predicted molar refractivity (Wildman–Crippen MR) is 95.5 cm³/mol. The van der Waals surface area contributed by atoms with Crippen molar-refractivity contribution in [1.82, 2.24) is 0 Å². The number of carbonyl (C=O) groups is 1. The molecule has 1 aromatic carbocycles.